The lowest BCUT2D eigenvalue weighted by atomic mass is 10.1. The quantitative estimate of drug-likeness (QED) is 0.466. The van der Waals surface area contributed by atoms with Gasteiger partial charge in [-0.25, -0.2) is 0 Å². The van der Waals surface area contributed by atoms with Crippen LogP contribution in [0.25, 0.3) is 0 Å². The largest absolute Gasteiger partial charge is 0.376 e. The molecule has 0 bridgehead atoms. The zero-order chi connectivity index (χ0) is 22.6. The van der Waals surface area contributed by atoms with Crippen LogP contribution in [0.4, 0.5) is 5.95 Å². The second-order valence-electron chi connectivity index (χ2n) is 9.09. The number of amides is 1. The van der Waals surface area contributed by atoms with Crippen molar-refractivity contribution >= 4 is 29.4 Å². The summed E-state index contributed by atoms with van der Waals surface area (Å²) in [6, 6.07) is 1.68. The summed E-state index contributed by atoms with van der Waals surface area (Å²) in [7, 11) is 0. The van der Waals surface area contributed by atoms with Crippen molar-refractivity contribution in [2.24, 2.45) is 0 Å². The molecule has 2 aromatic heterocycles. The van der Waals surface area contributed by atoms with Crippen LogP contribution in [0, 0.1) is 0 Å². The monoisotopic (exact) mass is 472 g/mol. The molecule has 33 heavy (non-hydrogen) atoms. The SMILES string of the molecule is O=C(CSc1nnc(N2CCCCC2)n1CC1CCCO1)c1c[nH]c(C(=O)N2CCCC2)c1. The molecular formula is C23H32N6O3S. The Morgan fingerprint density at radius 2 is 1.85 bits per heavy atom. The maximum Gasteiger partial charge on any atom is 0.270 e. The minimum Gasteiger partial charge on any atom is -0.376 e. The molecule has 2 aromatic rings. The van der Waals surface area contributed by atoms with Gasteiger partial charge >= 0.3 is 0 Å². The van der Waals surface area contributed by atoms with Crippen molar-refractivity contribution in [1.82, 2.24) is 24.6 Å². The van der Waals surface area contributed by atoms with Crippen LogP contribution in [0.1, 0.15) is 65.8 Å². The van der Waals surface area contributed by atoms with Gasteiger partial charge in [0.25, 0.3) is 5.91 Å². The van der Waals surface area contributed by atoms with E-state index < -0.39 is 0 Å². The number of nitrogens with one attached hydrogen (secondary N) is 1. The number of aromatic nitrogens is 4. The minimum absolute atomic E-state index is 0.0251. The summed E-state index contributed by atoms with van der Waals surface area (Å²) in [5.41, 5.74) is 1.02. The summed E-state index contributed by atoms with van der Waals surface area (Å²) < 4.78 is 8.01. The van der Waals surface area contributed by atoms with Crippen LogP contribution < -0.4 is 4.90 Å². The normalized spacial score (nSPS) is 21.2. The summed E-state index contributed by atoms with van der Waals surface area (Å²) in [4.78, 5) is 32.6. The fraction of sp³-hybridized carbons (Fsp3) is 0.652. The first-order valence-electron chi connectivity index (χ1n) is 12.1. The van der Waals surface area contributed by atoms with E-state index >= 15 is 0 Å². The number of anilines is 1. The van der Waals surface area contributed by atoms with E-state index in [1.807, 2.05) is 4.90 Å². The maximum atomic E-state index is 12.9. The van der Waals surface area contributed by atoms with E-state index in [1.165, 1.54) is 31.0 Å². The van der Waals surface area contributed by atoms with Crippen molar-refractivity contribution in [3.63, 3.8) is 0 Å². The fourth-order valence-electron chi connectivity index (χ4n) is 4.85. The lowest BCUT2D eigenvalue weighted by Crippen LogP contribution is -2.33. The fourth-order valence-corrected chi connectivity index (χ4v) is 5.69. The topological polar surface area (TPSA) is 96.3 Å². The highest BCUT2D eigenvalue weighted by molar-refractivity contribution is 7.99. The second-order valence-corrected chi connectivity index (χ2v) is 10.0. The van der Waals surface area contributed by atoms with Gasteiger partial charge < -0.3 is 19.5 Å². The molecule has 1 N–H and O–H groups in total. The molecule has 3 saturated heterocycles. The number of aromatic amines is 1. The van der Waals surface area contributed by atoms with Crippen LogP contribution in [0.3, 0.4) is 0 Å². The van der Waals surface area contributed by atoms with Crippen molar-refractivity contribution in [1.29, 1.82) is 0 Å². The Kier molecular flexibility index (Phi) is 7.01. The van der Waals surface area contributed by atoms with E-state index in [0.717, 1.165) is 69.6 Å². The Morgan fingerprint density at radius 1 is 1.06 bits per heavy atom. The van der Waals surface area contributed by atoms with Gasteiger partial charge in [0.15, 0.2) is 10.9 Å². The highest BCUT2D eigenvalue weighted by Crippen LogP contribution is 2.27. The number of nitrogens with zero attached hydrogens (tertiary/aromatic N) is 5. The van der Waals surface area contributed by atoms with Crippen molar-refractivity contribution in [3.8, 4) is 0 Å². The molecule has 1 unspecified atom stereocenters. The van der Waals surface area contributed by atoms with Gasteiger partial charge in [-0.3, -0.25) is 14.2 Å². The molecule has 5 heterocycles. The summed E-state index contributed by atoms with van der Waals surface area (Å²) in [6.07, 6.45) is 9.61. The van der Waals surface area contributed by atoms with Crippen LogP contribution in [-0.4, -0.2) is 81.0 Å². The first kappa shape index (κ1) is 22.5. The van der Waals surface area contributed by atoms with Crippen LogP contribution in [0.5, 0.6) is 0 Å². The predicted molar refractivity (Wildman–Crippen MR) is 126 cm³/mol. The van der Waals surface area contributed by atoms with E-state index in [4.69, 9.17) is 4.74 Å². The van der Waals surface area contributed by atoms with E-state index in [2.05, 4.69) is 24.6 Å². The molecule has 0 radical (unpaired) electrons. The number of Topliss-reactive ketones (excluding diaryl/α,β-unsaturated/α-hetero) is 1. The maximum absolute atomic E-state index is 12.9. The predicted octanol–water partition coefficient (Wildman–Crippen LogP) is 2.99. The minimum atomic E-state index is -0.0262. The standard InChI is InChI=1S/C23H32N6O3S/c30-20(17-13-19(24-14-17)21(31)27-8-4-5-9-27)16-33-23-26-25-22(28-10-2-1-3-11-28)29(23)15-18-7-6-12-32-18/h13-14,18,24H,1-12,15-16H2. The zero-order valence-electron chi connectivity index (χ0n) is 19.0. The Labute approximate surface area is 198 Å². The molecule has 0 aliphatic carbocycles. The van der Waals surface area contributed by atoms with Gasteiger partial charge in [-0.2, -0.15) is 0 Å². The average molecular weight is 473 g/mol. The molecule has 3 fully saturated rings. The third-order valence-corrected chi connectivity index (χ3v) is 7.67. The van der Waals surface area contributed by atoms with E-state index in [0.29, 0.717) is 17.8 Å². The molecule has 1 atom stereocenters. The molecule has 5 rings (SSSR count). The molecule has 9 nitrogen and oxygen atoms in total. The van der Waals surface area contributed by atoms with Crippen molar-refractivity contribution in [2.45, 2.75) is 62.8 Å². The van der Waals surface area contributed by atoms with E-state index in [-0.39, 0.29) is 23.5 Å². The number of piperidine rings is 1. The Morgan fingerprint density at radius 3 is 2.61 bits per heavy atom. The summed E-state index contributed by atoms with van der Waals surface area (Å²) >= 11 is 1.41. The Balaban J connectivity index is 1.26. The molecule has 10 heteroatoms. The van der Waals surface area contributed by atoms with Gasteiger partial charge in [0.05, 0.1) is 18.4 Å². The number of ketones is 1. The summed E-state index contributed by atoms with van der Waals surface area (Å²) in [5, 5.41) is 9.69. The van der Waals surface area contributed by atoms with Gasteiger partial charge in [0, 0.05) is 44.5 Å². The Bertz CT molecular complexity index is 971. The van der Waals surface area contributed by atoms with Crippen molar-refractivity contribution in [3.05, 3.63) is 23.5 Å². The summed E-state index contributed by atoms with van der Waals surface area (Å²) in [6.45, 7) is 5.08. The van der Waals surface area contributed by atoms with Crippen LogP contribution >= 0.6 is 11.8 Å². The van der Waals surface area contributed by atoms with Gasteiger partial charge in [-0.15, -0.1) is 10.2 Å². The van der Waals surface area contributed by atoms with Crippen molar-refractivity contribution in [2.75, 3.05) is 43.4 Å². The molecule has 0 aromatic carbocycles. The van der Waals surface area contributed by atoms with Gasteiger partial charge in [0.2, 0.25) is 5.95 Å². The average Bonchev–Trinajstić information content (AvgIpc) is 3.66. The van der Waals surface area contributed by atoms with Crippen LogP contribution in [-0.2, 0) is 11.3 Å². The number of hydrogen-bond donors (Lipinski definition) is 1. The number of hydrogen-bond acceptors (Lipinski definition) is 7. The number of H-pyrrole nitrogens is 1. The second kappa shape index (κ2) is 10.3. The number of thioether (sulfide) groups is 1. The van der Waals surface area contributed by atoms with E-state index in [9.17, 15) is 9.59 Å². The van der Waals surface area contributed by atoms with Crippen LogP contribution in [0.2, 0.25) is 0 Å². The first-order chi connectivity index (χ1) is 16.2. The number of ether oxygens (including phenoxy) is 1. The number of carbonyl (C=O) groups is 2. The number of rotatable bonds is 8. The molecule has 0 saturated carbocycles. The number of carbonyl (C=O) groups excluding carboxylic acids is 2. The third-order valence-electron chi connectivity index (χ3n) is 6.71. The van der Waals surface area contributed by atoms with Gasteiger partial charge in [-0.1, -0.05) is 11.8 Å². The third kappa shape index (κ3) is 5.11. The Hall–Kier alpha value is -2.33. The lowest BCUT2D eigenvalue weighted by molar-refractivity contribution is 0.0787. The first-order valence-corrected chi connectivity index (χ1v) is 13.1. The lowest BCUT2D eigenvalue weighted by Gasteiger charge is -2.28. The highest BCUT2D eigenvalue weighted by Gasteiger charge is 2.26. The zero-order valence-corrected chi connectivity index (χ0v) is 19.8. The molecule has 3 aliphatic rings. The molecule has 0 spiro atoms. The molecule has 178 valence electrons. The van der Waals surface area contributed by atoms with Crippen molar-refractivity contribution < 1.29 is 14.3 Å². The van der Waals surface area contributed by atoms with Gasteiger partial charge in [0.1, 0.15) is 5.69 Å². The molecular weight excluding hydrogens is 440 g/mol. The smallest absolute Gasteiger partial charge is 0.270 e. The van der Waals surface area contributed by atoms with E-state index in [1.54, 1.807) is 12.3 Å². The van der Waals surface area contributed by atoms with Crippen LogP contribution in [0.15, 0.2) is 17.4 Å². The molecule has 3 aliphatic heterocycles. The molecule has 1 amide bonds. The highest BCUT2D eigenvalue weighted by atomic mass is 32.2. The van der Waals surface area contributed by atoms with Gasteiger partial charge in [-0.05, 0) is 51.0 Å². The summed E-state index contributed by atoms with van der Waals surface area (Å²) in [5.74, 6) is 1.09. The number of likely N-dealkylation sites (tertiary alicyclic amines) is 1.